The van der Waals surface area contributed by atoms with Crippen molar-refractivity contribution in [1.29, 1.82) is 0 Å². The zero-order valence-corrected chi connectivity index (χ0v) is 16.0. The molecule has 0 unspecified atom stereocenters. The lowest BCUT2D eigenvalue weighted by atomic mass is 10.2. The van der Waals surface area contributed by atoms with E-state index in [-0.39, 0.29) is 0 Å². The molecule has 27 heavy (non-hydrogen) atoms. The van der Waals surface area contributed by atoms with Crippen LogP contribution in [0.2, 0.25) is 5.02 Å². The molecule has 2 N–H and O–H groups in total. The van der Waals surface area contributed by atoms with Gasteiger partial charge in [-0.25, -0.2) is 4.98 Å². The van der Waals surface area contributed by atoms with Crippen molar-refractivity contribution in [3.8, 4) is 11.5 Å². The average molecular weight is 386 g/mol. The normalized spacial score (nSPS) is 10.4. The van der Waals surface area contributed by atoms with Gasteiger partial charge in [-0.1, -0.05) is 17.7 Å². The number of hydrogen-bond acceptors (Lipinski definition) is 7. The van der Waals surface area contributed by atoms with Crippen molar-refractivity contribution >= 4 is 29.1 Å². The fraction of sp³-hybridized carbons (Fsp3) is 0.211. The lowest BCUT2D eigenvalue weighted by Crippen LogP contribution is -2.06. The van der Waals surface area contributed by atoms with Crippen LogP contribution in [0.1, 0.15) is 11.3 Å². The standard InChI is InChI=1S/C19H20ClN5O2/c1-12-7-18(22-11-13-5-4-6-21-10-13)25-19(23-12)24-15-9-16(26-2)14(20)8-17(15)27-3/h4-10H,11H2,1-3H3,(H2,22,23,24,25). The number of methoxy groups -OCH3 is 2. The Hall–Kier alpha value is -3.06. The topological polar surface area (TPSA) is 81.2 Å². The molecule has 140 valence electrons. The van der Waals surface area contributed by atoms with Crippen molar-refractivity contribution < 1.29 is 9.47 Å². The van der Waals surface area contributed by atoms with Crippen LogP contribution in [0.3, 0.4) is 0 Å². The molecule has 0 aliphatic rings. The van der Waals surface area contributed by atoms with Crippen molar-refractivity contribution in [2.45, 2.75) is 13.5 Å². The molecular formula is C19H20ClN5O2. The molecule has 0 aliphatic carbocycles. The van der Waals surface area contributed by atoms with Crippen molar-refractivity contribution in [1.82, 2.24) is 15.0 Å². The summed E-state index contributed by atoms with van der Waals surface area (Å²) in [6.45, 7) is 2.52. The smallest absolute Gasteiger partial charge is 0.229 e. The molecule has 0 spiro atoms. The molecule has 0 saturated heterocycles. The molecule has 3 aromatic rings. The van der Waals surface area contributed by atoms with Gasteiger partial charge in [-0.2, -0.15) is 4.98 Å². The SMILES string of the molecule is COc1cc(Nc2nc(C)cc(NCc3cccnc3)n2)c(OC)cc1Cl. The van der Waals surface area contributed by atoms with Crippen LogP contribution in [0, 0.1) is 6.92 Å². The number of nitrogens with one attached hydrogen (secondary N) is 2. The van der Waals surface area contributed by atoms with E-state index in [0.29, 0.717) is 40.5 Å². The van der Waals surface area contributed by atoms with Crippen LogP contribution < -0.4 is 20.1 Å². The van der Waals surface area contributed by atoms with Crippen LogP contribution in [-0.2, 0) is 6.54 Å². The minimum Gasteiger partial charge on any atom is -0.495 e. The highest BCUT2D eigenvalue weighted by Crippen LogP contribution is 2.37. The van der Waals surface area contributed by atoms with Crippen LogP contribution in [0.5, 0.6) is 11.5 Å². The largest absolute Gasteiger partial charge is 0.495 e. The van der Waals surface area contributed by atoms with Gasteiger partial charge >= 0.3 is 0 Å². The number of aryl methyl sites for hydroxylation is 1. The quantitative estimate of drug-likeness (QED) is 0.630. The lowest BCUT2D eigenvalue weighted by Gasteiger charge is -2.14. The molecule has 0 fully saturated rings. The van der Waals surface area contributed by atoms with E-state index >= 15 is 0 Å². The number of ether oxygens (including phenoxy) is 2. The van der Waals surface area contributed by atoms with Crippen molar-refractivity contribution in [2.75, 3.05) is 24.9 Å². The van der Waals surface area contributed by atoms with Crippen LogP contribution >= 0.6 is 11.6 Å². The third-order valence-electron chi connectivity index (χ3n) is 3.77. The predicted molar refractivity (Wildman–Crippen MR) is 106 cm³/mol. The molecule has 2 aromatic heterocycles. The first-order chi connectivity index (χ1) is 13.1. The number of hydrogen-bond donors (Lipinski definition) is 2. The number of rotatable bonds is 7. The summed E-state index contributed by atoms with van der Waals surface area (Å²) >= 11 is 6.15. The Kier molecular flexibility index (Phi) is 5.93. The van der Waals surface area contributed by atoms with Gasteiger partial charge < -0.3 is 20.1 Å². The maximum Gasteiger partial charge on any atom is 0.229 e. The number of benzene rings is 1. The van der Waals surface area contributed by atoms with E-state index in [0.717, 1.165) is 11.3 Å². The molecule has 2 heterocycles. The summed E-state index contributed by atoms with van der Waals surface area (Å²) in [5.41, 5.74) is 2.54. The Bertz CT molecular complexity index is 921. The monoisotopic (exact) mass is 385 g/mol. The van der Waals surface area contributed by atoms with E-state index < -0.39 is 0 Å². The van der Waals surface area contributed by atoms with E-state index in [1.54, 1.807) is 32.5 Å². The number of halogens is 1. The molecular weight excluding hydrogens is 366 g/mol. The molecule has 0 aliphatic heterocycles. The predicted octanol–water partition coefficient (Wildman–Crippen LogP) is 4.21. The fourth-order valence-corrected chi connectivity index (χ4v) is 2.72. The Labute approximate surface area is 162 Å². The zero-order valence-electron chi connectivity index (χ0n) is 15.3. The summed E-state index contributed by atoms with van der Waals surface area (Å²) < 4.78 is 10.7. The summed E-state index contributed by atoms with van der Waals surface area (Å²) in [7, 11) is 3.13. The van der Waals surface area contributed by atoms with Crippen LogP contribution in [-0.4, -0.2) is 29.2 Å². The van der Waals surface area contributed by atoms with Gasteiger partial charge in [0.2, 0.25) is 5.95 Å². The van der Waals surface area contributed by atoms with E-state index in [9.17, 15) is 0 Å². The first-order valence-corrected chi connectivity index (χ1v) is 8.64. The summed E-state index contributed by atoms with van der Waals surface area (Å²) in [5, 5.41) is 6.91. The van der Waals surface area contributed by atoms with Gasteiger partial charge in [0.15, 0.2) is 0 Å². The van der Waals surface area contributed by atoms with Crippen LogP contribution in [0.25, 0.3) is 0 Å². The molecule has 0 saturated carbocycles. The van der Waals surface area contributed by atoms with E-state index in [2.05, 4.69) is 25.6 Å². The molecule has 0 bridgehead atoms. The first kappa shape index (κ1) is 18.7. The Balaban J connectivity index is 1.82. The average Bonchev–Trinajstić information content (AvgIpc) is 2.68. The number of pyridine rings is 1. The first-order valence-electron chi connectivity index (χ1n) is 8.26. The molecule has 8 heteroatoms. The Morgan fingerprint density at radius 1 is 1.07 bits per heavy atom. The van der Waals surface area contributed by atoms with Crippen LogP contribution in [0.15, 0.2) is 42.7 Å². The second kappa shape index (κ2) is 8.55. The summed E-state index contributed by atoms with van der Waals surface area (Å²) in [5.74, 6) is 2.23. The van der Waals surface area contributed by atoms with E-state index in [4.69, 9.17) is 21.1 Å². The molecule has 1 aromatic carbocycles. The van der Waals surface area contributed by atoms with Gasteiger partial charge in [0, 0.05) is 42.8 Å². The highest BCUT2D eigenvalue weighted by atomic mass is 35.5. The highest BCUT2D eigenvalue weighted by molar-refractivity contribution is 6.32. The maximum absolute atomic E-state index is 6.15. The van der Waals surface area contributed by atoms with Crippen LogP contribution in [0.4, 0.5) is 17.5 Å². The number of aromatic nitrogens is 3. The number of anilines is 3. The summed E-state index contributed by atoms with van der Waals surface area (Å²) in [4.78, 5) is 13.1. The second-order valence-electron chi connectivity index (χ2n) is 5.75. The van der Waals surface area contributed by atoms with E-state index in [1.165, 1.54) is 0 Å². The zero-order chi connectivity index (χ0) is 19.2. The third kappa shape index (κ3) is 4.77. The molecule has 0 amide bonds. The van der Waals surface area contributed by atoms with Gasteiger partial charge in [0.05, 0.1) is 24.9 Å². The third-order valence-corrected chi connectivity index (χ3v) is 4.07. The number of nitrogens with zero attached hydrogens (tertiary/aromatic N) is 3. The second-order valence-corrected chi connectivity index (χ2v) is 6.15. The minimum absolute atomic E-state index is 0.436. The van der Waals surface area contributed by atoms with Gasteiger partial charge in [-0.3, -0.25) is 4.98 Å². The van der Waals surface area contributed by atoms with E-state index in [1.807, 2.05) is 31.3 Å². The lowest BCUT2D eigenvalue weighted by molar-refractivity contribution is 0.405. The summed E-state index contributed by atoms with van der Waals surface area (Å²) in [6, 6.07) is 9.20. The van der Waals surface area contributed by atoms with Gasteiger partial charge in [-0.05, 0) is 18.6 Å². The highest BCUT2D eigenvalue weighted by Gasteiger charge is 2.12. The van der Waals surface area contributed by atoms with Crippen molar-refractivity contribution in [3.63, 3.8) is 0 Å². The Morgan fingerprint density at radius 2 is 1.89 bits per heavy atom. The van der Waals surface area contributed by atoms with Gasteiger partial charge in [0.1, 0.15) is 17.3 Å². The molecule has 3 rings (SSSR count). The maximum atomic E-state index is 6.15. The fourth-order valence-electron chi connectivity index (χ4n) is 2.49. The Morgan fingerprint density at radius 3 is 2.59 bits per heavy atom. The van der Waals surface area contributed by atoms with Gasteiger partial charge in [0.25, 0.3) is 0 Å². The summed E-state index contributed by atoms with van der Waals surface area (Å²) in [6.07, 6.45) is 3.55. The molecule has 0 atom stereocenters. The molecule has 7 nitrogen and oxygen atoms in total. The molecule has 0 radical (unpaired) electrons. The van der Waals surface area contributed by atoms with Crippen molar-refractivity contribution in [3.05, 3.63) is 59.0 Å². The van der Waals surface area contributed by atoms with Gasteiger partial charge in [-0.15, -0.1) is 0 Å². The van der Waals surface area contributed by atoms with Crippen molar-refractivity contribution in [2.24, 2.45) is 0 Å². The minimum atomic E-state index is 0.436.